The molecule has 0 amide bonds. The van der Waals surface area contributed by atoms with E-state index in [0.717, 1.165) is 6.32 Å². The van der Waals surface area contributed by atoms with Crippen LogP contribution in [-0.4, -0.2) is 6.71 Å². The first-order valence-corrected chi connectivity index (χ1v) is 8.17. The van der Waals surface area contributed by atoms with Gasteiger partial charge in [0, 0.05) is 0 Å². The Morgan fingerprint density at radius 2 is 1.45 bits per heavy atom. The smallest absolute Gasteiger partial charge is 0.0217 e. The van der Waals surface area contributed by atoms with Gasteiger partial charge >= 0.3 is 0 Å². The van der Waals surface area contributed by atoms with Crippen molar-refractivity contribution in [3.8, 4) is 0 Å². The highest BCUT2D eigenvalue weighted by Gasteiger charge is 2.09. The highest BCUT2D eigenvalue weighted by molar-refractivity contribution is 6.87. The number of aryl methyl sites for hydroxylation is 3. The zero-order valence-corrected chi connectivity index (χ0v) is 14.0. The highest BCUT2D eigenvalue weighted by Crippen LogP contribution is 2.15. The lowest BCUT2D eigenvalue weighted by Crippen LogP contribution is -2.44. The van der Waals surface area contributed by atoms with Gasteiger partial charge in [-0.1, -0.05) is 90.3 Å². The molecule has 0 spiro atoms. The van der Waals surface area contributed by atoms with Crippen LogP contribution < -0.4 is 10.9 Å². The molecule has 0 saturated carbocycles. The number of rotatable bonds is 3. The van der Waals surface area contributed by atoms with Gasteiger partial charge in [-0.2, -0.15) is 0 Å². The van der Waals surface area contributed by atoms with Gasteiger partial charge in [0.2, 0.25) is 0 Å². The molecule has 3 aromatic carbocycles. The predicted octanol–water partition coefficient (Wildman–Crippen LogP) is 4.39. The zero-order chi connectivity index (χ0) is 15.7. The summed E-state index contributed by atoms with van der Waals surface area (Å²) in [6, 6.07) is 20.1. The van der Waals surface area contributed by atoms with Crippen LogP contribution >= 0.6 is 0 Å². The third-order valence-corrected chi connectivity index (χ3v) is 4.69. The number of benzene rings is 3. The summed E-state index contributed by atoms with van der Waals surface area (Å²) in [7, 11) is 0. The summed E-state index contributed by atoms with van der Waals surface area (Å²) >= 11 is 0. The minimum absolute atomic E-state index is 0.465. The molecule has 0 unspecified atom stereocenters. The standard InChI is InChI=1S/C21H23B/c1-5-22(21-16(3)13-15(2)14-17(21)4)20-12-8-10-18-9-6-7-11-19(18)20/h6-14H,5H2,1-4H3/q-1. The van der Waals surface area contributed by atoms with Crippen molar-refractivity contribution in [2.45, 2.75) is 34.0 Å². The minimum atomic E-state index is 0.465. The molecule has 22 heavy (non-hydrogen) atoms. The van der Waals surface area contributed by atoms with Crippen LogP contribution in [0.5, 0.6) is 0 Å². The quantitative estimate of drug-likeness (QED) is 0.626. The van der Waals surface area contributed by atoms with E-state index in [1.165, 1.54) is 38.4 Å². The molecule has 0 bridgehead atoms. The second kappa shape index (κ2) is 6.00. The number of hydrogen-bond donors (Lipinski definition) is 0. The summed E-state index contributed by atoms with van der Waals surface area (Å²) in [5.74, 6) is 0. The molecule has 0 aliphatic carbocycles. The van der Waals surface area contributed by atoms with Crippen LogP contribution in [0.2, 0.25) is 6.32 Å². The molecule has 1 heteroatoms. The Morgan fingerprint density at radius 3 is 2.14 bits per heavy atom. The maximum Gasteiger partial charge on any atom is -0.0217 e. The summed E-state index contributed by atoms with van der Waals surface area (Å²) in [5.41, 5.74) is 7.14. The molecule has 0 fully saturated rings. The fourth-order valence-corrected chi connectivity index (χ4v) is 3.87. The van der Waals surface area contributed by atoms with E-state index in [9.17, 15) is 0 Å². The first kappa shape index (κ1) is 14.9. The lowest BCUT2D eigenvalue weighted by molar-refractivity contribution is 1.34. The van der Waals surface area contributed by atoms with E-state index in [2.05, 4.69) is 82.3 Å². The fourth-order valence-electron chi connectivity index (χ4n) is 3.87. The lowest BCUT2D eigenvalue weighted by Gasteiger charge is -2.33. The van der Waals surface area contributed by atoms with E-state index in [4.69, 9.17) is 0 Å². The van der Waals surface area contributed by atoms with Crippen molar-refractivity contribution in [1.82, 2.24) is 0 Å². The van der Waals surface area contributed by atoms with E-state index in [1.807, 2.05) is 0 Å². The van der Waals surface area contributed by atoms with Crippen molar-refractivity contribution in [2.24, 2.45) is 0 Å². The molecule has 3 rings (SSSR count). The van der Waals surface area contributed by atoms with Crippen molar-refractivity contribution >= 4 is 28.4 Å². The van der Waals surface area contributed by atoms with E-state index < -0.39 is 0 Å². The third kappa shape index (κ3) is 2.56. The summed E-state index contributed by atoms with van der Waals surface area (Å²) in [4.78, 5) is 0. The summed E-state index contributed by atoms with van der Waals surface area (Å²) in [5, 5.41) is 2.72. The summed E-state index contributed by atoms with van der Waals surface area (Å²) in [6.07, 6.45) is 1.12. The van der Waals surface area contributed by atoms with Crippen LogP contribution in [0.25, 0.3) is 10.8 Å². The Kier molecular flexibility index (Phi) is 4.07. The first-order chi connectivity index (χ1) is 10.6. The van der Waals surface area contributed by atoms with Crippen molar-refractivity contribution in [3.05, 3.63) is 71.3 Å². The van der Waals surface area contributed by atoms with Gasteiger partial charge in [-0.05, 0) is 26.2 Å². The SMILES string of the molecule is CC[B-](c1c(C)cc(C)cc1C)c1cccc2ccccc12. The maximum atomic E-state index is 2.32. The van der Waals surface area contributed by atoms with Gasteiger partial charge in [0.05, 0.1) is 0 Å². The Bertz CT molecular complexity index is 789. The van der Waals surface area contributed by atoms with Gasteiger partial charge in [0.15, 0.2) is 0 Å². The minimum Gasteiger partial charge on any atom is -0.233 e. The highest BCUT2D eigenvalue weighted by atomic mass is 14.1. The van der Waals surface area contributed by atoms with E-state index in [-0.39, 0.29) is 0 Å². The van der Waals surface area contributed by atoms with E-state index >= 15 is 0 Å². The predicted molar refractivity (Wildman–Crippen MR) is 100 cm³/mol. The molecule has 0 saturated heterocycles. The third-order valence-electron chi connectivity index (χ3n) is 4.69. The molecule has 0 heterocycles. The summed E-state index contributed by atoms with van der Waals surface area (Å²) in [6.45, 7) is 9.45. The van der Waals surface area contributed by atoms with Gasteiger partial charge in [0.25, 0.3) is 0 Å². The number of fused-ring (bicyclic) bond motifs is 1. The largest absolute Gasteiger partial charge is 0.233 e. The second-order valence-corrected chi connectivity index (χ2v) is 6.34. The van der Waals surface area contributed by atoms with Crippen molar-refractivity contribution in [3.63, 3.8) is 0 Å². The second-order valence-electron chi connectivity index (χ2n) is 6.34. The first-order valence-electron chi connectivity index (χ1n) is 8.17. The molecule has 0 aliphatic rings. The van der Waals surface area contributed by atoms with Crippen LogP contribution in [0.15, 0.2) is 54.6 Å². The Morgan fingerprint density at radius 1 is 0.818 bits per heavy atom. The fraction of sp³-hybridized carbons (Fsp3) is 0.238. The molecule has 1 radical (unpaired) electrons. The van der Waals surface area contributed by atoms with Crippen LogP contribution in [0.4, 0.5) is 0 Å². The summed E-state index contributed by atoms with van der Waals surface area (Å²) < 4.78 is 0. The molecule has 0 atom stereocenters. The average molecular weight is 286 g/mol. The molecular weight excluding hydrogens is 263 g/mol. The lowest BCUT2D eigenvalue weighted by atomic mass is 9.37. The van der Waals surface area contributed by atoms with Crippen molar-refractivity contribution < 1.29 is 0 Å². The van der Waals surface area contributed by atoms with E-state index in [0.29, 0.717) is 6.71 Å². The van der Waals surface area contributed by atoms with Crippen LogP contribution in [0, 0.1) is 20.8 Å². The van der Waals surface area contributed by atoms with Gasteiger partial charge < -0.3 is 0 Å². The van der Waals surface area contributed by atoms with Crippen LogP contribution in [-0.2, 0) is 0 Å². The molecule has 0 N–H and O–H groups in total. The van der Waals surface area contributed by atoms with Gasteiger partial charge in [-0.15, -0.1) is 0 Å². The Labute approximate surface area is 134 Å². The maximum absolute atomic E-state index is 2.32. The molecular formula is C21H23B-. The van der Waals surface area contributed by atoms with Crippen LogP contribution in [0.3, 0.4) is 0 Å². The van der Waals surface area contributed by atoms with Crippen molar-refractivity contribution in [1.29, 1.82) is 0 Å². The molecule has 0 nitrogen and oxygen atoms in total. The topological polar surface area (TPSA) is 0 Å². The van der Waals surface area contributed by atoms with E-state index in [1.54, 1.807) is 0 Å². The Hall–Kier alpha value is -2.02. The van der Waals surface area contributed by atoms with Crippen molar-refractivity contribution in [2.75, 3.05) is 0 Å². The molecule has 3 aromatic rings. The average Bonchev–Trinajstić information content (AvgIpc) is 2.50. The molecule has 0 aliphatic heterocycles. The zero-order valence-electron chi connectivity index (χ0n) is 14.0. The van der Waals surface area contributed by atoms with Gasteiger partial charge in [-0.25, -0.2) is 17.2 Å². The van der Waals surface area contributed by atoms with Gasteiger partial charge in [-0.3, -0.25) is 0 Å². The molecule has 111 valence electrons. The normalized spacial score (nSPS) is 11.3. The molecule has 0 aromatic heterocycles. The van der Waals surface area contributed by atoms with Crippen LogP contribution in [0.1, 0.15) is 23.6 Å². The van der Waals surface area contributed by atoms with Gasteiger partial charge in [0.1, 0.15) is 0 Å². The Balaban J connectivity index is 2.23. The monoisotopic (exact) mass is 286 g/mol. The number of hydrogen-bond acceptors (Lipinski definition) is 0.